The Morgan fingerprint density at radius 2 is 2.00 bits per heavy atom. The van der Waals surface area contributed by atoms with E-state index >= 15 is 0 Å². The van der Waals surface area contributed by atoms with E-state index < -0.39 is 0 Å². The Labute approximate surface area is 140 Å². The molecule has 0 aromatic carbocycles. The molecule has 2 N–H and O–H groups in total. The second-order valence-electron chi connectivity index (χ2n) is 6.31. The first-order valence-electron chi connectivity index (χ1n) is 8.07. The van der Waals surface area contributed by atoms with Gasteiger partial charge in [-0.1, -0.05) is 11.6 Å². The number of anilines is 2. The van der Waals surface area contributed by atoms with Crippen molar-refractivity contribution < 1.29 is 0 Å². The highest BCUT2D eigenvalue weighted by molar-refractivity contribution is 6.29. The van der Waals surface area contributed by atoms with E-state index in [1.165, 1.54) is 12.8 Å². The van der Waals surface area contributed by atoms with Crippen molar-refractivity contribution in [2.75, 3.05) is 23.7 Å². The van der Waals surface area contributed by atoms with Crippen LogP contribution in [0.5, 0.6) is 0 Å². The van der Waals surface area contributed by atoms with Gasteiger partial charge in [-0.15, -0.1) is 0 Å². The van der Waals surface area contributed by atoms with Crippen LogP contribution in [0.25, 0.3) is 0 Å². The Morgan fingerprint density at radius 1 is 1.13 bits per heavy atom. The first-order chi connectivity index (χ1) is 11.2. The van der Waals surface area contributed by atoms with Crippen LogP contribution in [0.4, 0.5) is 11.8 Å². The molecule has 1 saturated carbocycles. The van der Waals surface area contributed by atoms with Crippen molar-refractivity contribution in [1.29, 1.82) is 0 Å². The van der Waals surface area contributed by atoms with Crippen LogP contribution < -0.4 is 10.6 Å². The third kappa shape index (κ3) is 3.22. The standard InChI is InChI=1S/C16H19ClN6/c17-13-8-14(22-15(21-13)10-3-4-10)23-7-1-2-11(9-23)12-5-6-19-16(18)20-12/h5-6,8,10-11H,1-4,7,9H2,(H2,18,19,20). The van der Waals surface area contributed by atoms with Gasteiger partial charge in [0.2, 0.25) is 5.95 Å². The Balaban J connectivity index is 1.57. The zero-order valence-corrected chi connectivity index (χ0v) is 13.6. The summed E-state index contributed by atoms with van der Waals surface area (Å²) in [5, 5.41) is 0.533. The minimum atomic E-state index is 0.334. The highest BCUT2D eigenvalue weighted by Crippen LogP contribution is 2.39. The molecule has 0 amide bonds. The van der Waals surface area contributed by atoms with E-state index in [2.05, 4.69) is 19.9 Å². The lowest BCUT2D eigenvalue weighted by Crippen LogP contribution is -2.35. The Morgan fingerprint density at radius 3 is 2.78 bits per heavy atom. The average molecular weight is 331 g/mol. The molecule has 1 aliphatic heterocycles. The fourth-order valence-electron chi connectivity index (χ4n) is 3.15. The van der Waals surface area contributed by atoms with Gasteiger partial charge in [0, 0.05) is 37.2 Å². The predicted molar refractivity (Wildman–Crippen MR) is 89.6 cm³/mol. The van der Waals surface area contributed by atoms with E-state index in [4.69, 9.17) is 22.3 Å². The van der Waals surface area contributed by atoms with Gasteiger partial charge in [0.05, 0.1) is 5.69 Å². The molecule has 6 nitrogen and oxygen atoms in total. The first kappa shape index (κ1) is 14.6. The van der Waals surface area contributed by atoms with Gasteiger partial charge in [-0.2, -0.15) is 0 Å². The van der Waals surface area contributed by atoms with Crippen molar-refractivity contribution in [2.24, 2.45) is 0 Å². The van der Waals surface area contributed by atoms with Gasteiger partial charge < -0.3 is 10.6 Å². The highest BCUT2D eigenvalue weighted by Gasteiger charge is 2.29. The van der Waals surface area contributed by atoms with E-state index in [0.29, 0.717) is 22.9 Å². The van der Waals surface area contributed by atoms with Crippen LogP contribution in [-0.4, -0.2) is 33.0 Å². The van der Waals surface area contributed by atoms with Gasteiger partial charge in [-0.25, -0.2) is 19.9 Å². The summed E-state index contributed by atoms with van der Waals surface area (Å²) < 4.78 is 0. The van der Waals surface area contributed by atoms with Crippen LogP contribution in [0.15, 0.2) is 18.3 Å². The second kappa shape index (κ2) is 5.92. The summed E-state index contributed by atoms with van der Waals surface area (Å²) in [6.45, 7) is 1.85. The number of nitrogens with two attached hydrogens (primary N) is 1. The Kier molecular flexibility index (Phi) is 3.77. The molecule has 2 aromatic heterocycles. The van der Waals surface area contributed by atoms with Crippen molar-refractivity contribution in [1.82, 2.24) is 19.9 Å². The first-order valence-corrected chi connectivity index (χ1v) is 8.44. The van der Waals surface area contributed by atoms with E-state index in [1.807, 2.05) is 12.1 Å². The number of aromatic nitrogens is 4. The van der Waals surface area contributed by atoms with Crippen molar-refractivity contribution in [2.45, 2.75) is 37.5 Å². The third-order valence-corrected chi connectivity index (χ3v) is 4.69. The molecule has 2 fully saturated rings. The fourth-order valence-corrected chi connectivity index (χ4v) is 3.34. The highest BCUT2D eigenvalue weighted by atomic mass is 35.5. The molecule has 2 aromatic rings. The number of halogens is 1. The van der Waals surface area contributed by atoms with E-state index in [1.54, 1.807) is 6.20 Å². The van der Waals surface area contributed by atoms with Crippen molar-refractivity contribution in [3.05, 3.63) is 35.0 Å². The maximum Gasteiger partial charge on any atom is 0.220 e. The lowest BCUT2D eigenvalue weighted by molar-refractivity contribution is 0.498. The lowest BCUT2D eigenvalue weighted by Gasteiger charge is -2.33. The van der Waals surface area contributed by atoms with Crippen LogP contribution in [-0.2, 0) is 0 Å². The molecule has 0 radical (unpaired) electrons. The summed E-state index contributed by atoms with van der Waals surface area (Å²) in [4.78, 5) is 19.7. The van der Waals surface area contributed by atoms with Gasteiger partial charge in [0.1, 0.15) is 16.8 Å². The SMILES string of the molecule is Nc1nccc(C2CCCN(c3cc(Cl)nc(C4CC4)n3)C2)n1. The molecule has 3 heterocycles. The third-order valence-electron chi connectivity index (χ3n) is 4.50. The largest absolute Gasteiger partial charge is 0.368 e. The molecular formula is C16H19ClN6. The number of hydrogen-bond acceptors (Lipinski definition) is 6. The van der Waals surface area contributed by atoms with Crippen LogP contribution in [0.1, 0.15) is 49.0 Å². The summed E-state index contributed by atoms with van der Waals surface area (Å²) >= 11 is 6.20. The van der Waals surface area contributed by atoms with E-state index in [0.717, 1.165) is 43.3 Å². The quantitative estimate of drug-likeness (QED) is 0.871. The number of nitrogens with zero attached hydrogens (tertiary/aromatic N) is 5. The molecule has 1 unspecified atom stereocenters. The monoisotopic (exact) mass is 330 g/mol. The number of hydrogen-bond donors (Lipinski definition) is 1. The van der Waals surface area contributed by atoms with Gasteiger partial charge in [-0.05, 0) is 31.7 Å². The summed E-state index contributed by atoms with van der Waals surface area (Å²) in [5.41, 5.74) is 6.72. The number of piperidine rings is 1. The minimum absolute atomic E-state index is 0.334. The Hall–Kier alpha value is -1.95. The van der Waals surface area contributed by atoms with Crippen molar-refractivity contribution in [3.8, 4) is 0 Å². The molecule has 1 aliphatic carbocycles. The van der Waals surface area contributed by atoms with Crippen LogP contribution in [0, 0.1) is 0 Å². The molecule has 0 spiro atoms. The average Bonchev–Trinajstić information content (AvgIpc) is 3.39. The van der Waals surface area contributed by atoms with E-state index in [-0.39, 0.29) is 0 Å². The summed E-state index contributed by atoms with van der Waals surface area (Å²) in [6.07, 6.45) is 6.25. The summed E-state index contributed by atoms with van der Waals surface area (Å²) in [5.74, 6) is 2.99. The van der Waals surface area contributed by atoms with Gasteiger partial charge in [0.15, 0.2) is 0 Å². The lowest BCUT2D eigenvalue weighted by atomic mass is 9.94. The van der Waals surface area contributed by atoms with Crippen LogP contribution >= 0.6 is 11.6 Å². The maximum absolute atomic E-state index is 6.20. The van der Waals surface area contributed by atoms with Gasteiger partial charge in [-0.3, -0.25) is 0 Å². The molecule has 2 aliphatic rings. The molecule has 23 heavy (non-hydrogen) atoms. The molecule has 120 valence electrons. The second-order valence-corrected chi connectivity index (χ2v) is 6.69. The molecular weight excluding hydrogens is 312 g/mol. The maximum atomic E-state index is 6.20. The van der Waals surface area contributed by atoms with Crippen molar-refractivity contribution >= 4 is 23.4 Å². The number of nitrogen functional groups attached to an aromatic ring is 1. The molecule has 4 rings (SSSR count). The van der Waals surface area contributed by atoms with Gasteiger partial charge >= 0.3 is 0 Å². The molecule has 1 atom stereocenters. The zero-order chi connectivity index (χ0) is 15.8. The summed E-state index contributed by atoms with van der Waals surface area (Å²) in [7, 11) is 0. The molecule has 0 bridgehead atoms. The molecule has 7 heteroatoms. The number of rotatable bonds is 3. The zero-order valence-electron chi connectivity index (χ0n) is 12.8. The van der Waals surface area contributed by atoms with E-state index in [9.17, 15) is 0 Å². The normalized spacial score (nSPS) is 21.4. The minimum Gasteiger partial charge on any atom is -0.368 e. The molecule has 1 saturated heterocycles. The smallest absolute Gasteiger partial charge is 0.220 e. The van der Waals surface area contributed by atoms with Gasteiger partial charge in [0.25, 0.3) is 0 Å². The predicted octanol–water partition coefficient (Wildman–Crippen LogP) is 2.76. The van der Waals surface area contributed by atoms with Crippen LogP contribution in [0.2, 0.25) is 5.15 Å². The fraction of sp³-hybridized carbons (Fsp3) is 0.500. The van der Waals surface area contributed by atoms with Crippen LogP contribution in [0.3, 0.4) is 0 Å². The summed E-state index contributed by atoms with van der Waals surface area (Å²) in [6, 6.07) is 3.82. The topological polar surface area (TPSA) is 80.8 Å². The Bertz CT molecular complexity index is 717. The van der Waals surface area contributed by atoms with Crippen molar-refractivity contribution in [3.63, 3.8) is 0 Å².